The molecular formula is C36H39N5O6. The van der Waals surface area contributed by atoms with Crippen molar-refractivity contribution in [1.82, 2.24) is 10.3 Å². The fraction of sp³-hybridized carbons (Fsp3) is 0.250. The Hall–Kier alpha value is -5.55. The highest BCUT2D eigenvalue weighted by molar-refractivity contribution is 6.10. The number of rotatable bonds is 14. The maximum atomic E-state index is 13.7. The van der Waals surface area contributed by atoms with E-state index in [9.17, 15) is 19.5 Å². The van der Waals surface area contributed by atoms with E-state index in [1.807, 2.05) is 44.2 Å². The summed E-state index contributed by atoms with van der Waals surface area (Å²) in [5.74, 6) is -1.64. The number of hydrogen-bond acceptors (Lipinski definition) is 8. The van der Waals surface area contributed by atoms with Crippen LogP contribution in [0.3, 0.4) is 0 Å². The lowest BCUT2D eigenvalue weighted by molar-refractivity contribution is 0.0473. The molecule has 6 N–H and O–H groups in total. The van der Waals surface area contributed by atoms with E-state index < -0.39 is 23.2 Å². The minimum absolute atomic E-state index is 0.00792. The van der Waals surface area contributed by atoms with Crippen LogP contribution in [0, 0.1) is 10.8 Å². The Morgan fingerprint density at radius 1 is 0.894 bits per heavy atom. The van der Waals surface area contributed by atoms with Crippen molar-refractivity contribution >= 4 is 29.3 Å². The zero-order valence-corrected chi connectivity index (χ0v) is 26.6. The van der Waals surface area contributed by atoms with E-state index in [4.69, 9.17) is 20.6 Å². The highest BCUT2D eigenvalue weighted by atomic mass is 16.5. The van der Waals surface area contributed by atoms with Crippen molar-refractivity contribution in [3.05, 3.63) is 113 Å². The molecule has 0 aliphatic carbocycles. The first-order chi connectivity index (χ1) is 22.6. The third-order valence-electron chi connectivity index (χ3n) is 8.21. The fourth-order valence-electron chi connectivity index (χ4n) is 4.91. The van der Waals surface area contributed by atoms with Gasteiger partial charge in [0.05, 0.1) is 19.3 Å². The second-order valence-corrected chi connectivity index (χ2v) is 11.1. The Labute approximate surface area is 273 Å². The molecule has 0 fully saturated rings. The summed E-state index contributed by atoms with van der Waals surface area (Å²) in [6.07, 6.45) is 1.35. The number of nitrogen functional groups attached to an aromatic ring is 1. The predicted molar refractivity (Wildman–Crippen MR) is 180 cm³/mol. The number of carbonyl (C=O) groups is 3. The van der Waals surface area contributed by atoms with Gasteiger partial charge in [-0.15, -0.1) is 0 Å². The molecule has 11 heteroatoms. The maximum absolute atomic E-state index is 13.7. The van der Waals surface area contributed by atoms with Gasteiger partial charge in [-0.05, 0) is 66.4 Å². The number of pyridine rings is 1. The van der Waals surface area contributed by atoms with Gasteiger partial charge in [0, 0.05) is 40.4 Å². The molecule has 0 saturated carbocycles. The SMILES string of the molecule is CCC(CC)(CO)CNC(=O)c1ccc(-c2ccc(OC)nc2C(=O)Nc2ccc(C(=N)N)cc2)c(C(=O)OCc2ccccc2)c1. The largest absolute Gasteiger partial charge is 0.481 e. The van der Waals surface area contributed by atoms with E-state index in [2.05, 4.69) is 15.6 Å². The lowest BCUT2D eigenvalue weighted by Gasteiger charge is -2.29. The number of methoxy groups -OCH3 is 1. The van der Waals surface area contributed by atoms with Gasteiger partial charge in [0.1, 0.15) is 18.1 Å². The van der Waals surface area contributed by atoms with Gasteiger partial charge < -0.3 is 30.9 Å². The molecule has 0 radical (unpaired) electrons. The molecule has 0 spiro atoms. The number of nitrogens with one attached hydrogen (secondary N) is 3. The molecule has 1 aromatic heterocycles. The topological polar surface area (TPSA) is 177 Å². The summed E-state index contributed by atoms with van der Waals surface area (Å²) in [5.41, 5.74) is 7.64. The van der Waals surface area contributed by atoms with Crippen molar-refractivity contribution in [1.29, 1.82) is 5.41 Å². The molecule has 1 heterocycles. The lowest BCUT2D eigenvalue weighted by atomic mass is 9.83. The summed E-state index contributed by atoms with van der Waals surface area (Å²) < 4.78 is 11.0. The molecule has 4 rings (SSSR count). The van der Waals surface area contributed by atoms with Crippen molar-refractivity contribution in [2.75, 3.05) is 25.6 Å². The Morgan fingerprint density at radius 2 is 1.55 bits per heavy atom. The number of nitrogens with two attached hydrogens (primary N) is 1. The van der Waals surface area contributed by atoms with Crippen LogP contribution in [0.15, 0.2) is 84.9 Å². The van der Waals surface area contributed by atoms with Crippen LogP contribution in [-0.2, 0) is 11.3 Å². The molecule has 3 aromatic carbocycles. The number of aliphatic hydroxyl groups is 1. The van der Waals surface area contributed by atoms with E-state index in [1.165, 1.54) is 13.2 Å². The molecule has 0 aliphatic heterocycles. The zero-order valence-electron chi connectivity index (χ0n) is 26.6. The number of aromatic nitrogens is 1. The van der Waals surface area contributed by atoms with Crippen LogP contribution in [0.2, 0.25) is 0 Å². The summed E-state index contributed by atoms with van der Waals surface area (Å²) in [4.78, 5) is 45.0. The predicted octanol–water partition coefficient (Wildman–Crippen LogP) is 5.18. The van der Waals surface area contributed by atoms with Crippen LogP contribution < -0.4 is 21.1 Å². The van der Waals surface area contributed by atoms with Gasteiger partial charge in [0.2, 0.25) is 5.88 Å². The summed E-state index contributed by atoms with van der Waals surface area (Å²) >= 11 is 0. The van der Waals surface area contributed by atoms with Crippen molar-refractivity contribution < 1.29 is 29.0 Å². The number of ether oxygens (including phenoxy) is 2. The average Bonchev–Trinajstić information content (AvgIpc) is 3.11. The molecule has 11 nitrogen and oxygen atoms in total. The number of amides is 2. The average molecular weight is 638 g/mol. The van der Waals surface area contributed by atoms with Crippen LogP contribution in [0.1, 0.15) is 69.0 Å². The highest BCUT2D eigenvalue weighted by Gasteiger charge is 2.27. The van der Waals surface area contributed by atoms with Gasteiger partial charge in [-0.2, -0.15) is 0 Å². The van der Waals surface area contributed by atoms with E-state index in [1.54, 1.807) is 48.5 Å². The van der Waals surface area contributed by atoms with E-state index in [0.717, 1.165) is 5.56 Å². The molecule has 0 atom stereocenters. The van der Waals surface area contributed by atoms with E-state index in [-0.39, 0.29) is 48.3 Å². The molecule has 244 valence electrons. The number of amidine groups is 1. The second-order valence-electron chi connectivity index (χ2n) is 11.1. The summed E-state index contributed by atoms with van der Waals surface area (Å²) in [5, 5.41) is 23.2. The summed E-state index contributed by atoms with van der Waals surface area (Å²) in [6, 6.07) is 23.3. The normalized spacial score (nSPS) is 11.0. The number of esters is 1. The number of benzene rings is 3. The van der Waals surface area contributed by atoms with Gasteiger partial charge in [-0.25, -0.2) is 9.78 Å². The summed E-state index contributed by atoms with van der Waals surface area (Å²) in [7, 11) is 1.42. The number of anilines is 1. The van der Waals surface area contributed by atoms with Crippen LogP contribution >= 0.6 is 0 Å². The third-order valence-corrected chi connectivity index (χ3v) is 8.21. The van der Waals surface area contributed by atoms with Gasteiger partial charge >= 0.3 is 5.97 Å². The first kappa shape index (κ1) is 34.3. The van der Waals surface area contributed by atoms with E-state index >= 15 is 0 Å². The molecular weight excluding hydrogens is 598 g/mol. The van der Waals surface area contributed by atoms with Crippen LogP contribution in [0.25, 0.3) is 11.1 Å². The van der Waals surface area contributed by atoms with Gasteiger partial charge in [-0.1, -0.05) is 50.2 Å². The molecule has 0 saturated heterocycles. The molecule has 0 unspecified atom stereocenters. The fourth-order valence-corrected chi connectivity index (χ4v) is 4.91. The molecule has 4 aromatic rings. The Balaban J connectivity index is 1.74. The van der Waals surface area contributed by atoms with Crippen molar-refractivity contribution in [3.63, 3.8) is 0 Å². The second kappa shape index (κ2) is 15.6. The summed E-state index contributed by atoms with van der Waals surface area (Å²) in [6.45, 7) is 4.09. The number of hydrogen-bond donors (Lipinski definition) is 5. The first-order valence-electron chi connectivity index (χ1n) is 15.2. The quantitative estimate of drug-likeness (QED) is 0.0714. The van der Waals surface area contributed by atoms with Crippen molar-refractivity contribution in [2.24, 2.45) is 11.1 Å². The number of carbonyl (C=O) groups excluding carboxylic acids is 3. The Bertz CT molecular complexity index is 1730. The number of aliphatic hydroxyl groups excluding tert-OH is 1. The van der Waals surface area contributed by atoms with E-state index in [0.29, 0.717) is 35.2 Å². The van der Waals surface area contributed by atoms with Crippen LogP contribution in [0.5, 0.6) is 5.88 Å². The maximum Gasteiger partial charge on any atom is 0.339 e. The Kier molecular flexibility index (Phi) is 11.4. The van der Waals surface area contributed by atoms with Crippen molar-refractivity contribution in [2.45, 2.75) is 33.3 Å². The molecule has 47 heavy (non-hydrogen) atoms. The van der Waals surface area contributed by atoms with Crippen LogP contribution in [-0.4, -0.2) is 54.0 Å². The standard InChI is InChI=1S/C36H39N5O6/c1-4-36(5-2,22-42)21-39-33(43)25-13-16-27(29(19-25)35(45)47-20-23-9-7-6-8-10-23)28-17-18-30(46-3)41-31(28)34(44)40-26-14-11-24(12-15-26)32(37)38/h6-19,42H,4-5,20-22H2,1-3H3,(H3,37,38)(H,39,43)(H,40,44). The van der Waals surface area contributed by atoms with Crippen molar-refractivity contribution in [3.8, 4) is 17.0 Å². The van der Waals surface area contributed by atoms with Gasteiger partial charge in [-0.3, -0.25) is 15.0 Å². The van der Waals surface area contributed by atoms with Crippen LogP contribution in [0.4, 0.5) is 5.69 Å². The zero-order chi connectivity index (χ0) is 34.0. The van der Waals surface area contributed by atoms with Gasteiger partial charge in [0.25, 0.3) is 11.8 Å². The molecule has 0 bridgehead atoms. The lowest BCUT2D eigenvalue weighted by Crippen LogP contribution is -2.39. The Morgan fingerprint density at radius 3 is 2.17 bits per heavy atom. The first-order valence-corrected chi connectivity index (χ1v) is 15.2. The third kappa shape index (κ3) is 8.39. The minimum Gasteiger partial charge on any atom is -0.481 e. The molecule has 0 aliphatic rings. The monoisotopic (exact) mass is 637 g/mol. The number of nitrogens with zero attached hydrogens (tertiary/aromatic N) is 1. The smallest absolute Gasteiger partial charge is 0.339 e. The minimum atomic E-state index is -0.702. The molecule has 2 amide bonds. The van der Waals surface area contributed by atoms with Gasteiger partial charge in [0.15, 0.2) is 0 Å². The highest BCUT2D eigenvalue weighted by Crippen LogP contribution is 2.31.